The van der Waals surface area contributed by atoms with Crippen LogP contribution in [0.2, 0.25) is 0 Å². The second-order valence-electron chi connectivity index (χ2n) is 7.37. The number of nitrogens with zero attached hydrogens (tertiary/aromatic N) is 6. The highest BCUT2D eigenvalue weighted by atomic mass is 15.4. The standard InChI is InChI=1S/C18H30N6/c1-12(2)23-14(4)18(13(3)20-23)11-22-9-7-8-17(10-22)24-16(6)19-15(5)21-24/h12,17H,7-11H2,1-6H3. The van der Waals surface area contributed by atoms with E-state index in [2.05, 4.69) is 59.0 Å². The Kier molecular flexibility index (Phi) is 4.76. The van der Waals surface area contributed by atoms with Crippen molar-refractivity contribution < 1.29 is 0 Å². The fraction of sp³-hybridized carbons (Fsp3) is 0.722. The molecule has 0 radical (unpaired) electrons. The molecule has 0 spiro atoms. The van der Waals surface area contributed by atoms with Crippen LogP contribution in [0.15, 0.2) is 0 Å². The molecule has 0 aliphatic carbocycles. The van der Waals surface area contributed by atoms with E-state index < -0.39 is 0 Å². The summed E-state index contributed by atoms with van der Waals surface area (Å²) in [6.45, 7) is 15.9. The van der Waals surface area contributed by atoms with Crippen molar-refractivity contribution in [3.05, 3.63) is 28.6 Å². The third-order valence-corrected chi connectivity index (χ3v) is 5.08. The number of likely N-dealkylation sites (tertiary alicyclic amines) is 1. The molecule has 1 aliphatic heterocycles. The van der Waals surface area contributed by atoms with Crippen LogP contribution in [-0.2, 0) is 6.54 Å². The topological polar surface area (TPSA) is 51.8 Å². The Bertz CT molecular complexity index is 711. The second kappa shape index (κ2) is 6.67. The second-order valence-corrected chi connectivity index (χ2v) is 7.37. The summed E-state index contributed by atoms with van der Waals surface area (Å²) in [5.74, 6) is 1.90. The Hall–Kier alpha value is -1.69. The molecule has 24 heavy (non-hydrogen) atoms. The molecule has 1 fully saturated rings. The summed E-state index contributed by atoms with van der Waals surface area (Å²) < 4.78 is 4.27. The molecule has 1 aliphatic rings. The number of hydrogen-bond acceptors (Lipinski definition) is 4. The molecule has 0 amide bonds. The minimum absolute atomic E-state index is 0.410. The molecule has 1 unspecified atom stereocenters. The van der Waals surface area contributed by atoms with Crippen LogP contribution in [0.25, 0.3) is 0 Å². The quantitative estimate of drug-likeness (QED) is 0.864. The maximum absolute atomic E-state index is 4.73. The molecule has 1 atom stereocenters. The summed E-state index contributed by atoms with van der Waals surface area (Å²) in [4.78, 5) is 7.01. The zero-order valence-electron chi connectivity index (χ0n) is 15.9. The lowest BCUT2D eigenvalue weighted by Crippen LogP contribution is -2.37. The zero-order chi connectivity index (χ0) is 17.4. The van der Waals surface area contributed by atoms with Crippen LogP contribution in [0.4, 0.5) is 0 Å². The number of piperidine rings is 1. The normalized spacial score (nSPS) is 19.4. The van der Waals surface area contributed by atoms with E-state index in [1.165, 1.54) is 24.1 Å². The molecule has 6 nitrogen and oxygen atoms in total. The molecule has 1 saturated heterocycles. The van der Waals surface area contributed by atoms with E-state index in [4.69, 9.17) is 5.10 Å². The van der Waals surface area contributed by atoms with Crippen LogP contribution < -0.4 is 0 Å². The Morgan fingerprint density at radius 1 is 1.12 bits per heavy atom. The predicted molar refractivity (Wildman–Crippen MR) is 95.1 cm³/mol. The predicted octanol–water partition coefficient (Wildman–Crippen LogP) is 3.13. The molecular formula is C18H30N6. The Balaban J connectivity index is 1.76. The van der Waals surface area contributed by atoms with Gasteiger partial charge in [-0.2, -0.15) is 10.2 Å². The third kappa shape index (κ3) is 3.24. The van der Waals surface area contributed by atoms with Gasteiger partial charge < -0.3 is 0 Å². The molecule has 2 aromatic rings. The monoisotopic (exact) mass is 330 g/mol. The maximum Gasteiger partial charge on any atom is 0.147 e. The van der Waals surface area contributed by atoms with Gasteiger partial charge in [-0.1, -0.05) is 0 Å². The number of rotatable bonds is 4. The van der Waals surface area contributed by atoms with E-state index in [0.29, 0.717) is 12.1 Å². The SMILES string of the molecule is Cc1nc(C)n(C2CCCN(Cc3c(C)nn(C(C)C)c3C)C2)n1. The molecule has 3 rings (SSSR count). The minimum Gasteiger partial charge on any atom is -0.297 e. The van der Waals surface area contributed by atoms with Gasteiger partial charge in [-0.05, 0) is 60.9 Å². The first kappa shape index (κ1) is 17.1. The first-order valence-corrected chi connectivity index (χ1v) is 9.03. The lowest BCUT2D eigenvalue weighted by Gasteiger charge is -2.33. The summed E-state index contributed by atoms with van der Waals surface area (Å²) >= 11 is 0. The van der Waals surface area contributed by atoms with E-state index in [1.54, 1.807) is 0 Å². The first-order chi connectivity index (χ1) is 11.4. The van der Waals surface area contributed by atoms with Crippen LogP contribution in [-0.4, -0.2) is 42.5 Å². The maximum atomic E-state index is 4.73. The minimum atomic E-state index is 0.410. The molecular weight excluding hydrogens is 300 g/mol. The van der Waals surface area contributed by atoms with Gasteiger partial charge in [0, 0.05) is 30.4 Å². The van der Waals surface area contributed by atoms with E-state index >= 15 is 0 Å². The van der Waals surface area contributed by atoms with Gasteiger partial charge in [0.15, 0.2) is 0 Å². The van der Waals surface area contributed by atoms with Crippen molar-refractivity contribution in [3.63, 3.8) is 0 Å². The van der Waals surface area contributed by atoms with Crippen LogP contribution in [0.3, 0.4) is 0 Å². The summed E-state index contributed by atoms with van der Waals surface area (Å²) in [5, 5.41) is 9.33. The number of aryl methyl sites for hydroxylation is 3. The molecule has 6 heteroatoms. The van der Waals surface area contributed by atoms with Crippen molar-refractivity contribution in [2.75, 3.05) is 13.1 Å². The van der Waals surface area contributed by atoms with Crippen molar-refractivity contribution in [2.24, 2.45) is 0 Å². The molecule has 2 aromatic heterocycles. The van der Waals surface area contributed by atoms with E-state index in [1.807, 2.05) is 6.92 Å². The third-order valence-electron chi connectivity index (χ3n) is 5.08. The van der Waals surface area contributed by atoms with Gasteiger partial charge in [-0.25, -0.2) is 9.67 Å². The van der Waals surface area contributed by atoms with Gasteiger partial charge in [0.25, 0.3) is 0 Å². The van der Waals surface area contributed by atoms with Gasteiger partial charge in [0.1, 0.15) is 11.6 Å². The summed E-state index contributed by atoms with van der Waals surface area (Å²) in [6.07, 6.45) is 2.39. The molecule has 0 saturated carbocycles. The molecule has 3 heterocycles. The fourth-order valence-corrected chi connectivity index (χ4v) is 3.91. The highest BCUT2D eigenvalue weighted by Gasteiger charge is 2.25. The average molecular weight is 330 g/mol. The Labute approximate surface area is 144 Å². The first-order valence-electron chi connectivity index (χ1n) is 9.03. The molecule has 0 bridgehead atoms. The molecule has 0 N–H and O–H groups in total. The fourth-order valence-electron chi connectivity index (χ4n) is 3.91. The van der Waals surface area contributed by atoms with Crippen molar-refractivity contribution >= 4 is 0 Å². The molecule has 132 valence electrons. The highest BCUT2D eigenvalue weighted by molar-refractivity contribution is 5.25. The Morgan fingerprint density at radius 2 is 1.88 bits per heavy atom. The summed E-state index contributed by atoms with van der Waals surface area (Å²) in [5.41, 5.74) is 3.85. The van der Waals surface area contributed by atoms with Crippen LogP contribution in [0.1, 0.15) is 67.4 Å². The van der Waals surface area contributed by atoms with Crippen molar-refractivity contribution in [2.45, 2.75) is 73.0 Å². The van der Waals surface area contributed by atoms with Gasteiger partial charge in [-0.15, -0.1) is 0 Å². The van der Waals surface area contributed by atoms with Gasteiger partial charge in [0.2, 0.25) is 0 Å². The molecule has 0 aromatic carbocycles. The van der Waals surface area contributed by atoms with Gasteiger partial charge >= 0.3 is 0 Å². The largest absolute Gasteiger partial charge is 0.297 e. The van der Waals surface area contributed by atoms with Crippen molar-refractivity contribution in [1.82, 2.24) is 29.4 Å². The van der Waals surface area contributed by atoms with Gasteiger partial charge in [0.05, 0.1) is 11.7 Å². The van der Waals surface area contributed by atoms with E-state index in [9.17, 15) is 0 Å². The Morgan fingerprint density at radius 3 is 2.46 bits per heavy atom. The van der Waals surface area contributed by atoms with Crippen molar-refractivity contribution in [1.29, 1.82) is 0 Å². The van der Waals surface area contributed by atoms with Crippen LogP contribution in [0.5, 0.6) is 0 Å². The summed E-state index contributed by atoms with van der Waals surface area (Å²) in [6, 6.07) is 0.841. The van der Waals surface area contributed by atoms with Crippen LogP contribution in [0, 0.1) is 27.7 Å². The number of aromatic nitrogens is 5. The highest BCUT2D eigenvalue weighted by Crippen LogP contribution is 2.25. The summed E-state index contributed by atoms with van der Waals surface area (Å²) in [7, 11) is 0. The average Bonchev–Trinajstić information content (AvgIpc) is 3.01. The van der Waals surface area contributed by atoms with E-state index in [-0.39, 0.29) is 0 Å². The smallest absolute Gasteiger partial charge is 0.147 e. The lowest BCUT2D eigenvalue weighted by molar-refractivity contribution is 0.161. The van der Waals surface area contributed by atoms with Crippen molar-refractivity contribution in [3.8, 4) is 0 Å². The number of hydrogen-bond donors (Lipinski definition) is 0. The zero-order valence-corrected chi connectivity index (χ0v) is 15.9. The van der Waals surface area contributed by atoms with E-state index in [0.717, 1.165) is 37.0 Å². The lowest BCUT2D eigenvalue weighted by atomic mass is 10.0. The van der Waals surface area contributed by atoms with Gasteiger partial charge in [-0.3, -0.25) is 9.58 Å². The van der Waals surface area contributed by atoms with Crippen LogP contribution >= 0.6 is 0 Å².